The van der Waals surface area contributed by atoms with E-state index in [4.69, 9.17) is 0 Å². The Morgan fingerprint density at radius 3 is 2.24 bits per heavy atom. The zero-order valence-electron chi connectivity index (χ0n) is 20.8. The Kier molecular flexibility index (Phi) is 7.62. The van der Waals surface area contributed by atoms with Gasteiger partial charge in [-0.05, 0) is 66.9 Å². The lowest BCUT2D eigenvalue weighted by Crippen LogP contribution is -2.50. The quantitative estimate of drug-likeness (QED) is 0.262. The van der Waals surface area contributed by atoms with Gasteiger partial charge in [0.05, 0.1) is 11.3 Å². The molecule has 0 radical (unpaired) electrons. The molecule has 0 aliphatic carbocycles. The number of anilines is 1. The third-order valence-corrected chi connectivity index (χ3v) is 6.20. The molecule has 1 unspecified atom stereocenters. The largest absolute Gasteiger partial charge is 0.416 e. The van der Waals surface area contributed by atoms with Crippen LogP contribution in [0.15, 0.2) is 97.2 Å². The number of rotatable bonds is 7. The molecule has 0 aliphatic rings. The SMILES string of the molecule is CC(=O)c1cccc(NC(=O)NC(Cc2ccccc2)(c2cccc(C(F)(F)F)c2)c2cc(C)ccn2)c1. The van der Waals surface area contributed by atoms with Crippen LogP contribution in [0, 0.1) is 6.92 Å². The van der Waals surface area contributed by atoms with Crippen molar-refractivity contribution in [3.8, 4) is 0 Å². The molecule has 5 nitrogen and oxygen atoms in total. The Balaban J connectivity index is 1.86. The third kappa shape index (κ3) is 6.08. The molecule has 1 heterocycles. The van der Waals surface area contributed by atoms with Gasteiger partial charge in [0.25, 0.3) is 0 Å². The molecule has 38 heavy (non-hydrogen) atoms. The van der Waals surface area contributed by atoms with Crippen molar-refractivity contribution in [3.63, 3.8) is 0 Å². The van der Waals surface area contributed by atoms with Crippen molar-refractivity contribution in [1.29, 1.82) is 0 Å². The van der Waals surface area contributed by atoms with Crippen LogP contribution in [0.4, 0.5) is 23.7 Å². The standard InChI is InChI=1S/C30H26F3N3O2/c1-20-14-15-34-27(16-20)29(19-22-8-4-3-5-9-22,24-11-7-12-25(18-24)30(31,32)33)36-28(38)35-26-13-6-10-23(17-26)21(2)37/h3-18H,19H2,1-2H3,(H2,35,36,38). The van der Waals surface area contributed by atoms with Gasteiger partial charge < -0.3 is 10.6 Å². The molecule has 0 bridgehead atoms. The zero-order valence-corrected chi connectivity index (χ0v) is 20.8. The molecular formula is C30H26F3N3O2. The van der Waals surface area contributed by atoms with Crippen molar-refractivity contribution in [2.24, 2.45) is 0 Å². The minimum Gasteiger partial charge on any atom is -0.322 e. The average molecular weight is 518 g/mol. The van der Waals surface area contributed by atoms with Crippen LogP contribution >= 0.6 is 0 Å². The second-order valence-electron chi connectivity index (χ2n) is 9.08. The van der Waals surface area contributed by atoms with E-state index < -0.39 is 23.3 Å². The van der Waals surface area contributed by atoms with Gasteiger partial charge >= 0.3 is 12.2 Å². The first-order valence-electron chi connectivity index (χ1n) is 11.9. The van der Waals surface area contributed by atoms with Crippen molar-refractivity contribution in [1.82, 2.24) is 10.3 Å². The van der Waals surface area contributed by atoms with E-state index in [-0.39, 0.29) is 17.8 Å². The number of amides is 2. The molecule has 0 saturated carbocycles. The first-order chi connectivity index (χ1) is 18.1. The topological polar surface area (TPSA) is 71.1 Å². The lowest BCUT2D eigenvalue weighted by atomic mass is 9.79. The molecule has 194 valence electrons. The van der Waals surface area contributed by atoms with Crippen LogP contribution in [-0.4, -0.2) is 16.8 Å². The van der Waals surface area contributed by atoms with Crippen molar-refractivity contribution in [2.75, 3.05) is 5.32 Å². The lowest BCUT2D eigenvalue weighted by molar-refractivity contribution is -0.137. The Hall–Kier alpha value is -4.46. The van der Waals surface area contributed by atoms with Crippen LogP contribution in [0.25, 0.3) is 0 Å². The number of urea groups is 1. The highest BCUT2D eigenvalue weighted by molar-refractivity contribution is 5.97. The number of nitrogens with one attached hydrogen (secondary N) is 2. The summed E-state index contributed by atoms with van der Waals surface area (Å²) in [4.78, 5) is 29.8. The van der Waals surface area contributed by atoms with Crippen molar-refractivity contribution in [3.05, 3.63) is 131 Å². The molecule has 1 aromatic heterocycles. The summed E-state index contributed by atoms with van der Waals surface area (Å²) in [5, 5.41) is 5.67. The van der Waals surface area contributed by atoms with Gasteiger partial charge in [-0.1, -0.05) is 54.6 Å². The van der Waals surface area contributed by atoms with Gasteiger partial charge in [0.15, 0.2) is 5.78 Å². The van der Waals surface area contributed by atoms with Gasteiger partial charge in [0.2, 0.25) is 0 Å². The number of aromatic nitrogens is 1. The summed E-state index contributed by atoms with van der Waals surface area (Å²) in [5.74, 6) is -0.166. The van der Waals surface area contributed by atoms with Crippen LogP contribution in [0.5, 0.6) is 0 Å². The van der Waals surface area contributed by atoms with Crippen molar-refractivity contribution in [2.45, 2.75) is 32.0 Å². The summed E-state index contributed by atoms with van der Waals surface area (Å²) in [5.41, 5.74) is 0.702. The molecular weight excluding hydrogens is 491 g/mol. The number of alkyl halides is 3. The highest BCUT2D eigenvalue weighted by Crippen LogP contribution is 2.37. The van der Waals surface area contributed by atoms with E-state index in [1.165, 1.54) is 19.1 Å². The number of benzene rings is 3. The number of aryl methyl sites for hydroxylation is 1. The average Bonchev–Trinajstić information content (AvgIpc) is 2.88. The third-order valence-electron chi connectivity index (χ3n) is 6.20. The molecule has 3 aromatic carbocycles. The van der Waals surface area contributed by atoms with Gasteiger partial charge in [-0.3, -0.25) is 9.78 Å². The molecule has 4 rings (SSSR count). The van der Waals surface area contributed by atoms with Gasteiger partial charge in [-0.25, -0.2) is 4.79 Å². The van der Waals surface area contributed by atoms with Crippen LogP contribution in [-0.2, 0) is 18.1 Å². The Morgan fingerprint density at radius 1 is 0.842 bits per heavy atom. The first-order valence-corrected chi connectivity index (χ1v) is 11.9. The number of nitrogens with zero attached hydrogens (tertiary/aromatic N) is 1. The van der Waals surface area contributed by atoms with E-state index in [2.05, 4.69) is 15.6 Å². The predicted molar refractivity (Wildman–Crippen MR) is 140 cm³/mol. The number of pyridine rings is 1. The molecule has 0 aliphatic heterocycles. The monoisotopic (exact) mass is 517 g/mol. The summed E-state index contributed by atoms with van der Waals surface area (Å²) in [6.07, 6.45) is -2.88. The molecule has 8 heteroatoms. The number of halogens is 3. The fourth-order valence-corrected chi connectivity index (χ4v) is 4.33. The Bertz CT molecular complexity index is 1450. The minimum atomic E-state index is -4.58. The van der Waals surface area contributed by atoms with Crippen LogP contribution in [0.2, 0.25) is 0 Å². The van der Waals surface area contributed by atoms with E-state index in [0.29, 0.717) is 16.9 Å². The van der Waals surface area contributed by atoms with Gasteiger partial charge in [-0.15, -0.1) is 0 Å². The van der Waals surface area contributed by atoms with Gasteiger partial charge in [0, 0.05) is 23.9 Å². The number of hydrogen-bond donors (Lipinski definition) is 2. The van der Waals surface area contributed by atoms with Crippen LogP contribution < -0.4 is 10.6 Å². The molecule has 0 spiro atoms. The number of carbonyl (C=O) groups excluding carboxylic acids is 2. The smallest absolute Gasteiger partial charge is 0.322 e. The molecule has 0 saturated heterocycles. The van der Waals surface area contributed by atoms with E-state index in [0.717, 1.165) is 23.3 Å². The van der Waals surface area contributed by atoms with Crippen molar-refractivity contribution < 1.29 is 22.8 Å². The predicted octanol–water partition coefficient (Wildman–Crippen LogP) is 6.92. The van der Waals surface area contributed by atoms with Crippen molar-refractivity contribution >= 4 is 17.5 Å². The van der Waals surface area contributed by atoms with Gasteiger partial charge in [-0.2, -0.15) is 13.2 Å². The number of Topliss-reactive ketones (excluding diaryl/α,β-unsaturated/α-hetero) is 1. The summed E-state index contributed by atoms with van der Waals surface area (Å²) in [6, 6.07) is 23.4. The van der Waals surface area contributed by atoms with E-state index >= 15 is 0 Å². The van der Waals surface area contributed by atoms with E-state index in [1.807, 2.05) is 37.3 Å². The molecule has 1 atom stereocenters. The maximum Gasteiger partial charge on any atom is 0.416 e. The summed E-state index contributed by atoms with van der Waals surface area (Å²) in [7, 11) is 0. The molecule has 2 amide bonds. The number of ketones is 1. The van der Waals surface area contributed by atoms with E-state index in [1.54, 1.807) is 42.6 Å². The number of hydrogen-bond acceptors (Lipinski definition) is 3. The summed E-state index contributed by atoms with van der Waals surface area (Å²) in [6.45, 7) is 3.26. The molecule has 2 N–H and O–H groups in total. The van der Waals surface area contributed by atoms with Gasteiger partial charge in [0.1, 0.15) is 5.54 Å². The first kappa shape index (κ1) is 26.6. The fourth-order valence-electron chi connectivity index (χ4n) is 4.33. The maximum absolute atomic E-state index is 13.8. The second-order valence-corrected chi connectivity index (χ2v) is 9.08. The fraction of sp³-hybridized carbons (Fsp3) is 0.167. The Labute approximate surface area is 218 Å². The second kappa shape index (κ2) is 10.9. The minimum absolute atomic E-state index is 0.131. The van der Waals surface area contributed by atoms with Crippen LogP contribution in [0.1, 0.15) is 45.2 Å². The normalized spacial score (nSPS) is 12.9. The number of carbonyl (C=O) groups is 2. The maximum atomic E-state index is 13.8. The zero-order chi connectivity index (χ0) is 27.3. The Morgan fingerprint density at radius 2 is 1.55 bits per heavy atom. The molecule has 0 fully saturated rings. The highest BCUT2D eigenvalue weighted by atomic mass is 19.4. The lowest BCUT2D eigenvalue weighted by Gasteiger charge is -2.36. The highest BCUT2D eigenvalue weighted by Gasteiger charge is 2.40. The summed E-state index contributed by atoms with van der Waals surface area (Å²) >= 11 is 0. The van der Waals surface area contributed by atoms with Crippen LogP contribution in [0.3, 0.4) is 0 Å². The molecule has 4 aromatic rings. The van der Waals surface area contributed by atoms with E-state index in [9.17, 15) is 22.8 Å². The summed E-state index contributed by atoms with van der Waals surface area (Å²) < 4.78 is 41.3.